The molecule has 0 unspecified atom stereocenters. The van der Waals surface area contributed by atoms with Crippen LogP contribution in [0.15, 0.2) is 94.8 Å². The lowest BCUT2D eigenvalue weighted by atomic mass is 10.1. The Morgan fingerprint density at radius 2 is 1.84 bits per heavy atom. The first kappa shape index (κ1) is 20.4. The second-order valence-corrected chi connectivity index (χ2v) is 7.14. The molecular weight excluding hydrogens is 412 g/mol. The Bertz CT molecular complexity index is 1260. The minimum Gasteiger partial charge on any atom is -0.489 e. The second kappa shape index (κ2) is 9.73. The molecule has 0 bridgehead atoms. The number of hydrogen-bond acceptors (Lipinski definition) is 5. The van der Waals surface area contributed by atoms with Gasteiger partial charge in [-0.2, -0.15) is 5.10 Å². The number of benzene rings is 3. The van der Waals surface area contributed by atoms with Crippen LogP contribution in [0.3, 0.4) is 0 Å². The lowest BCUT2D eigenvalue weighted by Gasteiger charge is -2.07. The topological polar surface area (TPSA) is 79.4 Å². The molecule has 2 N–H and O–H groups in total. The molecule has 6 nitrogen and oxygen atoms in total. The molecule has 3 aromatic carbocycles. The monoisotopic (exact) mass is 430 g/mol. The Labute approximate surface area is 184 Å². The summed E-state index contributed by atoms with van der Waals surface area (Å²) in [4.78, 5) is 19.0. The minimum atomic E-state index is -0.261. The van der Waals surface area contributed by atoms with Gasteiger partial charge in [0.2, 0.25) is 5.95 Å². The first-order valence-corrected chi connectivity index (χ1v) is 9.97. The largest absolute Gasteiger partial charge is 0.489 e. The molecule has 4 rings (SSSR count). The molecule has 1 heterocycles. The van der Waals surface area contributed by atoms with Crippen molar-refractivity contribution < 1.29 is 4.74 Å². The van der Waals surface area contributed by atoms with Crippen LogP contribution < -0.4 is 15.7 Å². The number of aromatic amines is 1. The molecule has 0 aliphatic rings. The number of aromatic nitrogens is 2. The molecular formula is C24H19ClN4O2. The van der Waals surface area contributed by atoms with E-state index in [1.165, 1.54) is 6.07 Å². The van der Waals surface area contributed by atoms with Crippen molar-refractivity contribution in [2.45, 2.75) is 6.61 Å². The fraction of sp³-hybridized carbons (Fsp3) is 0.0417. The summed E-state index contributed by atoms with van der Waals surface area (Å²) in [6.45, 7) is 0.414. The summed E-state index contributed by atoms with van der Waals surface area (Å²) in [5, 5.41) is 4.85. The lowest BCUT2D eigenvalue weighted by molar-refractivity contribution is 0.306. The van der Waals surface area contributed by atoms with Gasteiger partial charge < -0.3 is 4.74 Å². The molecule has 31 heavy (non-hydrogen) atoms. The Balaban J connectivity index is 1.42. The van der Waals surface area contributed by atoms with Crippen molar-refractivity contribution in [1.29, 1.82) is 0 Å². The highest BCUT2D eigenvalue weighted by Crippen LogP contribution is 2.17. The fourth-order valence-corrected chi connectivity index (χ4v) is 3.13. The predicted molar refractivity (Wildman–Crippen MR) is 124 cm³/mol. The predicted octanol–water partition coefficient (Wildman–Crippen LogP) is 5.12. The van der Waals surface area contributed by atoms with Crippen molar-refractivity contribution in [3.63, 3.8) is 0 Å². The van der Waals surface area contributed by atoms with E-state index < -0.39 is 0 Å². The molecule has 0 spiro atoms. The first-order valence-electron chi connectivity index (χ1n) is 9.59. The Kier molecular flexibility index (Phi) is 6.40. The number of ether oxygens (including phenoxy) is 1. The molecule has 0 aliphatic heterocycles. The molecule has 0 saturated carbocycles. The van der Waals surface area contributed by atoms with E-state index in [4.69, 9.17) is 16.3 Å². The number of anilines is 1. The molecule has 0 amide bonds. The number of hydrogen-bond donors (Lipinski definition) is 2. The average Bonchev–Trinajstić information content (AvgIpc) is 2.78. The maximum Gasteiger partial charge on any atom is 0.252 e. The molecule has 7 heteroatoms. The third-order valence-electron chi connectivity index (χ3n) is 4.35. The van der Waals surface area contributed by atoms with Crippen LogP contribution in [-0.2, 0) is 6.61 Å². The Morgan fingerprint density at radius 3 is 2.68 bits per heavy atom. The summed E-state index contributed by atoms with van der Waals surface area (Å²) < 4.78 is 5.83. The highest BCUT2D eigenvalue weighted by molar-refractivity contribution is 6.30. The van der Waals surface area contributed by atoms with Crippen LogP contribution in [0.1, 0.15) is 11.1 Å². The molecule has 0 fully saturated rings. The van der Waals surface area contributed by atoms with Crippen LogP contribution in [0.2, 0.25) is 5.02 Å². The lowest BCUT2D eigenvalue weighted by Crippen LogP contribution is -2.10. The summed E-state index contributed by atoms with van der Waals surface area (Å²) in [7, 11) is 0. The van der Waals surface area contributed by atoms with Crippen molar-refractivity contribution in [2.75, 3.05) is 5.43 Å². The summed E-state index contributed by atoms with van der Waals surface area (Å²) in [6, 6.07) is 26.0. The molecule has 4 aromatic rings. The second-order valence-electron chi connectivity index (χ2n) is 6.71. The van der Waals surface area contributed by atoms with Gasteiger partial charge in [-0.05, 0) is 35.4 Å². The normalized spacial score (nSPS) is 10.9. The number of nitrogens with one attached hydrogen (secondary N) is 2. The van der Waals surface area contributed by atoms with E-state index in [1.54, 1.807) is 6.21 Å². The number of halogens is 1. The smallest absolute Gasteiger partial charge is 0.252 e. The van der Waals surface area contributed by atoms with Gasteiger partial charge in [0.05, 0.1) is 11.9 Å². The van der Waals surface area contributed by atoms with E-state index in [1.807, 2.05) is 78.9 Å². The number of hydrazone groups is 1. The zero-order valence-corrected chi connectivity index (χ0v) is 17.2. The maximum atomic E-state index is 12.0. The van der Waals surface area contributed by atoms with E-state index in [9.17, 15) is 4.79 Å². The van der Waals surface area contributed by atoms with Gasteiger partial charge in [-0.1, -0.05) is 66.2 Å². The van der Waals surface area contributed by atoms with Crippen LogP contribution in [0.4, 0.5) is 5.95 Å². The van der Waals surface area contributed by atoms with Crippen molar-refractivity contribution >= 4 is 23.8 Å². The Morgan fingerprint density at radius 1 is 1.00 bits per heavy atom. The van der Waals surface area contributed by atoms with E-state index in [2.05, 4.69) is 20.5 Å². The van der Waals surface area contributed by atoms with E-state index in [0.29, 0.717) is 23.1 Å². The van der Waals surface area contributed by atoms with Gasteiger partial charge in [-0.25, -0.2) is 10.4 Å². The SMILES string of the molecule is O=c1cc(-c2ccccc2)nc(N/N=C/c2cccc(OCc3cccc(Cl)c3)c2)[nH]1. The standard InChI is InChI=1S/C24H19ClN4O2/c25-20-10-4-7-18(12-20)16-31-21-11-5-6-17(13-21)15-26-29-24-27-22(14-23(30)28-24)19-8-2-1-3-9-19/h1-15H,16H2,(H2,27,28,29,30)/b26-15+. The third kappa shape index (κ3) is 5.81. The van der Waals surface area contributed by atoms with Gasteiger partial charge in [0.1, 0.15) is 12.4 Å². The molecule has 1 aromatic heterocycles. The quantitative estimate of drug-likeness (QED) is 0.315. The number of H-pyrrole nitrogens is 1. The van der Waals surface area contributed by atoms with Crippen LogP contribution >= 0.6 is 11.6 Å². The van der Waals surface area contributed by atoms with Crippen molar-refractivity contribution in [3.8, 4) is 17.0 Å². The van der Waals surface area contributed by atoms with Crippen molar-refractivity contribution in [1.82, 2.24) is 9.97 Å². The van der Waals surface area contributed by atoms with Crippen LogP contribution in [0, 0.1) is 0 Å². The van der Waals surface area contributed by atoms with Crippen LogP contribution in [0.25, 0.3) is 11.3 Å². The summed E-state index contributed by atoms with van der Waals surface area (Å²) in [6.07, 6.45) is 1.63. The molecule has 154 valence electrons. The molecule has 0 atom stereocenters. The fourth-order valence-electron chi connectivity index (χ4n) is 2.91. The summed E-state index contributed by atoms with van der Waals surface area (Å²) >= 11 is 6.01. The number of rotatable bonds is 7. The first-order chi connectivity index (χ1) is 15.2. The van der Waals surface area contributed by atoms with Crippen LogP contribution in [0.5, 0.6) is 5.75 Å². The molecule has 0 saturated heterocycles. The van der Waals surface area contributed by atoms with Gasteiger partial charge in [0.25, 0.3) is 5.56 Å². The van der Waals surface area contributed by atoms with Gasteiger partial charge in [-0.15, -0.1) is 0 Å². The van der Waals surface area contributed by atoms with Gasteiger partial charge >= 0.3 is 0 Å². The highest BCUT2D eigenvalue weighted by atomic mass is 35.5. The zero-order valence-electron chi connectivity index (χ0n) is 16.5. The van der Waals surface area contributed by atoms with E-state index in [-0.39, 0.29) is 11.5 Å². The minimum absolute atomic E-state index is 0.260. The number of nitrogens with zero attached hydrogens (tertiary/aromatic N) is 2. The van der Waals surface area contributed by atoms with Crippen LogP contribution in [-0.4, -0.2) is 16.2 Å². The third-order valence-corrected chi connectivity index (χ3v) is 4.58. The molecule has 0 radical (unpaired) electrons. The van der Waals surface area contributed by atoms with Gasteiger partial charge in [-0.3, -0.25) is 9.78 Å². The van der Waals surface area contributed by atoms with E-state index >= 15 is 0 Å². The average molecular weight is 431 g/mol. The zero-order chi connectivity index (χ0) is 21.5. The summed E-state index contributed by atoms with van der Waals surface area (Å²) in [5.74, 6) is 0.970. The van der Waals surface area contributed by atoms with Crippen molar-refractivity contribution in [3.05, 3.63) is 111 Å². The Hall–Kier alpha value is -3.90. The van der Waals surface area contributed by atoms with Gasteiger partial charge in [0.15, 0.2) is 0 Å². The maximum absolute atomic E-state index is 12.0. The molecule has 0 aliphatic carbocycles. The van der Waals surface area contributed by atoms with Gasteiger partial charge in [0, 0.05) is 16.7 Å². The highest BCUT2D eigenvalue weighted by Gasteiger charge is 2.03. The van der Waals surface area contributed by atoms with Crippen molar-refractivity contribution in [2.24, 2.45) is 5.10 Å². The van der Waals surface area contributed by atoms with E-state index in [0.717, 1.165) is 16.7 Å². The summed E-state index contributed by atoms with van der Waals surface area (Å²) in [5.41, 5.74) is 5.75.